The van der Waals surface area contributed by atoms with Crippen molar-refractivity contribution in [3.63, 3.8) is 0 Å². The molecule has 0 N–H and O–H groups in total. The van der Waals surface area contributed by atoms with Crippen LogP contribution in [0.1, 0.15) is 25.0 Å². The van der Waals surface area contributed by atoms with E-state index in [2.05, 4.69) is 4.98 Å². The number of rotatable bonds is 9. The van der Waals surface area contributed by atoms with Gasteiger partial charge in [-0.2, -0.15) is 4.98 Å². The van der Waals surface area contributed by atoms with Gasteiger partial charge in [0.15, 0.2) is 0 Å². The Hall–Kier alpha value is -4.46. The number of nitrogens with zero attached hydrogens (tertiary/aromatic N) is 2. The van der Waals surface area contributed by atoms with Crippen molar-refractivity contribution in [2.45, 2.75) is 27.1 Å². The number of benzene rings is 3. The number of aromatic nitrogens is 1. The molecule has 5 rings (SSSR count). The summed E-state index contributed by atoms with van der Waals surface area (Å²) in [6, 6.07) is 24.8. The molecular formula is C33H32F2N2O4. The monoisotopic (exact) mass is 558 g/mol. The molecule has 1 aliphatic rings. The highest BCUT2D eigenvalue weighted by molar-refractivity contribution is 5.76. The van der Waals surface area contributed by atoms with Crippen LogP contribution in [-0.2, 0) is 22.7 Å². The second-order valence-corrected chi connectivity index (χ2v) is 10.8. The highest BCUT2D eigenvalue weighted by Gasteiger charge is 2.44. The highest BCUT2D eigenvalue weighted by Crippen LogP contribution is 2.41. The molecule has 1 aromatic heterocycles. The van der Waals surface area contributed by atoms with Crippen LogP contribution in [0.2, 0.25) is 0 Å². The first-order valence-electron chi connectivity index (χ1n) is 13.4. The summed E-state index contributed by atoms with van der Waals surface area (Å²) in [4.78, 5) is 18.6. The maximum Gasteiger partial charge on any atom is 0.311 e. The number of ether oxygens (including phenoxy) is 3. The van der Waals surface area contributed by atoms with Crippen molar-refractivity contribution in [2.24, 2.45) is 11.3 Å². The van der Waals surface area contributed by atoms with Gasteiger partial charge >= 0.3 is 5.97 Å². The van der Waals surface area contributed by atoms with Crippen LogP contribution >= 0.6 is 0 Å². The lowest BCUT2D eigenvalue weighted by Crippen LogP contribution is -2.30. The number of halogens is 2. The molecule has 0 saturated carbocycles. The number of anilines is 1. The summed E-state index contributed by atoms with van der Waals surface area (Å²) in [6.07, 6.45) is 0. The minimum absolute atomic E-state index is 0.0537. The molecule has 2 heterocycles. The first-order chi connectivity index (χ1) is 19.7. The Labute approximate surface area is 238 Å². The molecule has 212 valence electrons. The Balaban J connectivity index is 1.45. The highest BCUT2D eigenvalue weighted by atomic mass is 19.1. The van der Waals surface area contributed by atoms with Crippen LogP contribution in [0.5, 0.6) is 11.8 Å². The molecule has 1 atom stereocenters. The van der Waals surface area contributed by atoms with Gasteiger partial charge in [0.2, 0.25) is 11.8 Å². The molecule has 0 spiro atoms. The summed E-state index contributed by atoms with van der Waals surface area (Å²) < 4.78 is 48.2. The van der Waals surface area contributed by atoms with Gasteiger partial charge in [0.25, 0.3) is 0 Å². The van der Waals surface area contributed by atoms with E-state index in [0.717, 1.165) is 11.1 Å². The van der Waals surface area contributed by atoms with Crippen LogP contribution in [0.3, 0.4) is 0 Å². The Morgan fingerprint density at radius 3 is 2.07 bits per heavy atom. The van der Waals surface area contributed by atoms with Gasteiger partial charge in [-0.3, -0.25) is 4.79 Å². The van der Waals surface area contributed by atoms with Crippen molar-refractivity contribution < 1.29 is 27.8 Å². The minimum Gasteiger partial charge on any atom is -0.473 e. The van der Waals surface area contributed by atoms with E-state index in [4.69, 9.17) is 14.2 Å². The number of carbonyl (C=O) groups is 1. The number of carbonyl (C=O) groups excluding carboxylic acids is 1. The molecule has 0 bridgehead atoms. The van der Waals surface area contributed by atoms with Crippen LogP contribution < -0.4 is 14.4 Å². The molecular weight excluding hydrogens is 526 g/mol. The lowest BCUT2D eigenvalue weighted by atomic mass is 9.82. The number of methoxy groups -OCH3 is 1. The zero-order chi connectivity index (χ0) is 29.0. The fraction of sp³-hybridized carbons (Fsp3) is 0.273. The summed E-state index contributed by atoms with van der Waals surface area (Å²) in [6.45, 7) is 5.07. The molecule has 3 aromatic carbocycles. The van der Waals surface area contributed by atoms with E-state index in [1.165, 1.54) is 19.2 Å². The minimum atomic E-state index is -0.761. The lowest BCUT2D eigenvalue weighted by molar-refractivity contribution is -0.147. The molecule has 41 heavy (non-hydrogen) atoms. The van der Waals surface area contributed by atoms with Crippen molar-refractivity contribution in [3.8, 4) is 22.9 Å². The summed E-state index contributed by atoms with van der Waals surface area (Å²) in [5.41, 5.74) is 1.69. The van der Waals surface area contributed by atoms with Crippen molar-refractivity contribution in [1.82, 2.24) is 4.98 Å². The van der Waals surface area contributed by atoms with E-state index < -0.39 is 23.0 Å². The molecule has 8 heteroatoms. The third kappa shape index (κ3) is 6.32. The third-order valence-corrected chi connectivity index (χ3v) is 7.37. The molecule has 1 saturated heterocycles. The number of esters is 1. The van der Waals surface area contributed by atoms with Gasteiger partial charge in [-0.05, 0) is 34.7 Å². The Kier molecular flexibility index (Phi) is 8.19. The van der Waals surface area contributed by atoms with Crippen LogP contribution in [0.25, 0.3) is 11.1 Å². The predicted octanol–water partition coefficient (Wildman–Crippen LogP) is 6.82. The van der Waals surface area contributed by atoms with Crippen LogP contribution in [0, 0.1) is 23.0 Å². The fourth-order valence-corrected chi connectivity index (χ4v) is 5.13. The Bertz CT molecular complexity index is 1490. The van der Waals surface area contributed by atoms with Gasteiger partial charge in [-0.25, -0.2) is 8.78 Å². The molecule has 1 aliphatic heterocycles. The average Bonchev–Trinajstić information content (AvgIpc) is 3.31. The second-order valence-electron chi connectivity index (χ2n) is 10.8. The summed E-state index contributed by atoms with van der Waals surface area (Å²) in [5, 5.41) is 0. The zero-order valence-corrected chi connectivity index (χ0v) is 23.3. The average molecular weight is 559 g/mol. The molecule has 0 amide bonds. The number of hydrogen-bond acceptors (Lipinski definition) is 6. The van der Waals surface area contributed by atoms with Gasteiger partial charge in [0.05, 0.1) is 24.2 Å². The van der Waals surface area contributed by atoms with Crippen LogP contribution in [0.15, 0.2) is 84.9 Å². The Morgan fingerprint density at radius 2 is 1.49 bits per heavy atom. The summed E-state index contributed by atoms with van der Waals surface area (Å²) in [7, 11) is 1.35. The summed E-state index contributed by atoms with van der Waals surface area (Å²) >= 11 is 0. The fourth-order valence-electron chi connectivity index (χ4n) is 5.13. The van der Waals surface area contributed by atoms with Crippen molar-refractivity contribution in [2.75, 3.05) is 25.1 Å². The van der Waals surface area contributed by atoms with Crippen molar-refractivity contribution >= 4 is 11.7 Å². The maximum absolute atomic E-state index is 15.7. The van der Waals surface area contributed by atoms with Crippen molar-refractivity contribution in [1.29, 1.82) is 0 Å². The SMILES string of the molecule is COC(=O)[C@H]1CN(c2cc(F)c(-c3ccc(OCc4ccccc4)nc3OCc3ccccc3)c(F)c2)CC1(C)C. The van der Waals surface area contributed by atoms with Gasteiger partial charge in [-0.1, -0.05) is 74.5 Å². The van der Waals surface area contributed by atoms with E-state index in [1.807, 2.05) is 79.4 Å². The molecule has 0 radical (unpaired) electrons. The zero-order valence-electron chi connectivity index (χ0n) is 23.3. The standard InChI is InChI=1S/C33H32F2N2O4/c1-33(2)21-37(18-26(33)32(38)39-3)24-16-27(34)30(28(35)17-24)25-14-15-29(40-19-22-10-6-4-7-11-22)36-31(25)41-20-23-12-8-5-9-13-23/h4-17,26H,18-21H2,1-3H3/t26-/m1/s1. The molecule has 0 aliphatic carbocycles. The normalized spacial score (nSPS) is 15.9. The quantitative estimate of drug-likeness (QED) is 0.210. The topological polar surface area (TPSA) is 60.9 Å². The smallest absolute Gasteiger partial charge is 0.311 e. The number of pyridine rings is 1. The van der Waals surface area contributed by atoms with E-state index >= 15 is 8.78 Å². The van der Waals surface area contributed by atoms with E-state index in [0.29, 0.717) is 18.8 Å². The van der Waals surface area contributed by atoms with Gasteiger partial charge in [0, 0.05) is 24.8 Å². The third-order valence-electron chi connectivity index (χ3n) is 7.37. The second kappa shape index (κ2) is 12.0. The van der Waals surface area contributed by atoms with E-state index in [9.17, 15) is 4.79 Å². The lowest BCUT2D eigenvalue weighted by Gasteiger charge is -2.23. The molecule has 0 unspecified atom stereocenters. The first-order valence-corrected chi connectivity index (χ1v) is 13.4. The van der Waals surface area contributed by atoms with Crippen molar-refractivity contribution in [3.05, 3.63) is 108 Å². The Morgan fingerprint density at radius 1 is 0.902 bits per heavy atom. The van der Waals surface area contributed by atoms with Crippen LogP contribution in [-0.4, -0.2) is 31.2 Å². The van der Waals surface area contributed by atoms with Gasteiger partial charge < -0.3 is 19.1 Å². The molecule has 4 aromatic rings. The predicted molar refractivity (Wildman–Crippen MR) is 153 cm³/mol. The maximum atomic E-state index is 15.7. The van der Waals surface area contributed by atoms with Gasteiger partial charge in [0.1, 0.15) is 24.8 Å². The first kappa shape index (κ1) is 28.1. The van der Waals surface area contributed by atoms with E-state index in [1.54, 1.807) is 12.1 Å². The largest absolute Gasteiger partial charge is 0.473 e. The van der Waals surface area contributed by atoms with Crippen LogP contribution in [0.4, 0.5) is 14.5 Å². The van der Waals surface area contributed by atoms with E-state index in [-0.39, 0.29) is 42.1 Å². The van der Waals surface area contributed by atoms with Gasteiger partial charge in [-0.15, -0.1) is 0 Å². The number of hydrogen-bond donors (Lipinski definition) is 0. The molecule has 6 nitrogen and oxygen atoms in total. The summed E-state index contributed by atoms with van der Waals surface area (Å²) in [5.74, 6) is -1.95. The molecule has 1 fully saturated rings.